The average Bonchev–Trinajstić information content (AvgIpc) is 2.27. The molecule has 0 amide bonds. The molecule has 0 unspecified atom stereocenters. The van der Waals surface area contributed by atoms with Crippen molar-refractivity contribution in [2.75, 3.05) is 25.9 Å². The molecule has 0 atom stereocenters. The van der Waals surface area contributed by atoms with Crippen molar-refractivity contribution in [3.05, 3.63) is 35.4 Å². The summed E-state index contributed by atoms with van der Waals surface area (Å²) in [5, 5.41) is 0. The van der Waals surface area contributed by atoms with Crippen LogP contribution in [0.3, 0.4) is 0 Å². The topological polar surface area (TPSA) is 63.4 Å². The van der Waals surface area contributed by atoms with Crippen LogP contribution in [-0.4, -0.2) is 38.6 Å². The highest BCUT2D eigenvalue weighted by molar-refractivity contribution is 7.89. The molecule has 5 heteroatoms. The van der Waals surface area contributed by atoms with Gasteiger partial charge in [-0.3, -0.25) is 0 Å². The Morgan fingerprint density at radius 1 is 1.29 bits per heavy atom. The molecule has 0 aliphatic heterocycles. The molecule has 0 spiro atoms. The van der Waals surface area contributed by atoms with Crippen molar-refractivity contribution < 1.29 is 8.42 Å². The van der Waals surface area contributed by atoms with Gasteiger partial charge in [-0.05, 0) is 24.5 Å². The van der Waals surface area contributed by atoms with Gasteiger partial charge in [0.1, 0.15) is 0 Å². The molecule has 0 radical (unpaired) electrons. The Morgan fingerprint density at radius 2 is 1.94 bits per heavy atom. The van der Waals surface area contributed by atoms with E-state index < -0.39 is 10.0 Å². The Labute approximate surface area is 103 Å². The van der Waals surface area contributed by atoms with E-state index in [-0.39, 0.29) is 12.3 Å². The van der Waals surface area contributed by atoms with Crippen molar-refractivity contribution in [2.24, 2.45) is 5.73 Å². The summed E-state index contributed by atoms with van der Waals surface area (Å²) >= 11 is 0. The molecule has 0 saturated heterocycles. The number of sulfonamides is 1. The van der Waals surface area contributed by atoms with Crippen LogP contribution >= 0.6 is 0 Å². The second-order valence-corrected chi connectivity index (χ2v) is 6.30. The summed E-state index contributed by atoms with van der Waals surface area (Å²) in [6.45, 7) is 2.69. The van der Waals surface area contributed by atoms with E-state index in [1.54, 1.807) is 7.05 Å². The van der Waals surface area contributed by atoms with Gasteiger partial charge in [0, 0.05) is 20.1 Å². The zero-order valence-corrected chi connectivity index (χ0v) is 11.2. The van der Waals surface area contributed by atoms with E-state index in [0.717, 1.165) is 6.42 Å². The molecule has 2 N–H and O–H groups in total. The molecule has 0 heterocycles. The summed E-state index contributed by atoms with van der Waals surface area (Å²) in [6.07, 6.45) is 0.729. The first-order chi connectivity index (χ1) is 7.97. The SMILES string of the molecule is Cc1ccccc1CCN(C)S(=O)(=O)CCN. The van der Waals surface area contributed by atoms with Crippen molar-refractivity contribution in [1.82, 2.24) is 4.31 Å². The predicted molar refractivity (Wildman–Crippen MR) is 70.4 cm³/mol. The second kappa shape index (κ2) is 6.14. The van der Waals surface area contributed by atoms with Crippen LogP contribution in [0, 0.1) is 6.92 Å². The smallest absolute Gasteiger partial charge is 0.215 e. The molecule has 4 nitrogen and oxygen atoms in total. The number of benzene rings is 1. The minimum Gasteiger partial charge on any atom is -0.329 e. The zero-order valence-electron chi connectivity index (χ0n) is 10.4. The van der Waals surface area contributed by atoms with Gasteiger partial charge in [-0.15, -0.1) is 0 Å². The fourth-order valence-electron chi connectivity index (χ4n) is 1.61. The number of nitrogens with zero attached hydrogens (tertiary/aromatic N) is 1. The van der Waals surface area contributed by atoms with Gasteiger partial charge in [-0.2, -0.15) is 0 Å². The molecule has 0 fully saturated rings. The van der Waals surface area contributed by atoms with Crippen LogP contribution in [0.2, 0.25) is 0 Å². The lowest BCUT2D eigenvalue weighted by Crippen LogP contribution is -2.33. The van der Waals surface area contributed by atoms with E-state index in [1.165, 1.54) is 15.4 Å². The summed E-state index contributed by atoms with van der Waals surface area (Å²) in [6, 6.07) is 8.01. The van der Waals surface area contributed by atoms with Crippen molar-refractivity contribution in [2.45, 2.75) is 13.3 Å². The second-order valence-electron chi connectivity index (χ2n) is 4.10. The number of hydrogen-bond acceptors (Lipinski definition) is 3. The largest absolute Gasteiger partial charge is 0.329 e. The number of likely N-dealkylation sites (N-methyl/N-ethyl adjacent to an activating group) is 1. The third-order valence-electron chi connectivity index (χ3n) is 2.81. The van der Waals surface area contributed by atoms with Crippen LogP contribution in [0.15, 0.2) is 24.3 Å². The van der Waals surface area contributed by atoms with Crippen LogP contribution in [0.25, 0.3) is 0 Å². The van der Waals surface area contributed by atoms with E-state index >= 15 is 0 Å². The van der Waals surface area contributed by atoms with Gasteiger partial charge < -0.3 is 5.73 Å². The van der Waals surface area contributed by atoms with Gasteiger partial charge in [0.25, 0.3) is 0 Å². The molecule has 1 aromatic carbocycles. The van der Waals surface area contributed by atoms with E-state index in [9.17, 15) is 8.42 Å². The normalized spacial score (nSPS) is 12.0. The third kappa shape index (κ3) is 4.11. The molecule has 17 heavy (non-hydrogen) atoms. The predicted octanol–water partition coefficient (Wildman–Crippen LogP) is 0.758. The minimum absolute atomic E-state index is 0.0112. The lowest BCUT2D eigenvalue weighted by Gasteiger charge is -2.17. The van der Waals surface area contributed by atoms with Gasteiger partial charge in [-0.1, -0.05) is 24.3 Å². The van der Waals surface area contributed by atoms with E-state index in [1.807, 2.05) is 31.2 Å². The highest BCUT2D eigenvalue weighted by atomic mass is 32.2. The van der Waals surface area contributed by atoms with Gasteiger partial charge >= 0.3 is 0 Å². The summed E-state index contributed by atoms with van der Waals surface area (Å²) in [4.78, 5) is 0. The standard InChI is InChI=1S/C12H20N2O2S/c1-11-5-3-4-6-12(11)7-9-14(2)17(15,16)10-8-13/h3-6H,7-10,13H2,1-2H3. The van der Waals surface area contributed by atoms with Crippen LogP contribution in [0.1, 0.15) is 11.1 Å². The molecule has 96 valence electrons. The molecule has 1 aromatic rings. The van der Waals surface area contributed by atoms with Crippen molar-refractivity contribution >= 4 is 10.0 Å². The Kier molecular flexibility index (Phi) is 5.11. The molecular formula is C12H20N2O2S. The minimum atomic E-state index is -3.19. The van der Waals surface area contributed by atoms with Gasteiger partial charge in [0.2, 0.25) is 10.0 Å². The Bertz CT molecular complexity index is 457. The summed E-state index contributed by atoms with van der Waals surface area (Å²) < 4.78 is 24.7. The number of nitrogens with two attached hydrogens (primary N) is 1. The maximum Gasteiger partial charge on any atom is 0.215 e. The van der Waals surface area contributed by atoms with Crippen LogP contribution in [0.4, 0.5) is 0 Å². The van der Waals surface area contributed by atoms with E-state index in [2.05, 4.69) is 0 Å². The van der Waals surface area contributed by atoms with Crippen molar-refractivity contribution in [1.29, 1.82) is 0 Å². The molecule has 0 bridgehead atoms. The highest BCUT2D eigenvalue weighted by Crippen LogP contribution is 2.09. The van der Waals surface area contributed by atoms with Gasteiger partial charge in [0.05, 0.1) is 5.75 Å². The number of aryl methyl sites for hydroxylation is 1. The summed E-state index contributed by atoms with van der Waals surface area (Å²) in [5.74, 6) is 0.0112. The van der Waals surface area contributed by atoms with E-state index in [0.29, 0.717) is 6.54 Å². The fraction of sp³-hybridized carbons (Fsp3) is 0.500. The maximum atomic E-state index is 11.7. The third-order valence-corrected chi connectivity index (χ3v) is 4.69. The first-order valence-corrected chi connectivity index (χ1v) is 7.27. The molecule has 1 rings (SSSR count). The summed E-state index contributed by atoms with van der Waals surface area (Å²) in [5.41, 5.74) is 7.65. The van der Waals surface area contributed by atoms with Crippen molar-refractivity contribution in [3.8, 4) is 0 Å². The lowest BCUT2D eigenvalue weighted by atomic mass is 10.1. The molecule has 0 saturated carbocycles. The molecule has 0 aliphatic carbocycles. The monoisotopic (exact) mass is 256 g/mol. The maximum absolute atomic E-state index is 11.7. The Morgan fingerprint density at radius 3 is 2.53 bits per heavy atom. The zero-order chi connectivity index (χ0) is 12.9. The van der Waals surface area contributed by atoms with Crippen LogP contribution in [-0.2, 0) is 16.4 Å². The molecule has 0 aromatic heterocycles. The van der Waals surface area contributed by atoms with E-state index in [4.69, 9.17) is 5.73 Å². The number of hydrogen-bond donors (Lipinski definition) is 1. The molecule has 0 aliphatic rings. The Hall–Kier alpha value is -0.910. The number of rotatable bonds is 6. The van der Waals surface area contributed by atoms with Crippen molar-refractivity contribution in [3.63, 3.8) is 0 Å². The van der Waals surface area contributed by atoms with Gasteiger partial charge in [0.15, 0.2) is 0 Å². The fourth-order valence-corrected chi connectivity index (χ4v) is 2.59. The summed E-state index contributed by atoms with van der Waals surface area (Å²) in [7, 11) is -1.58. The molecular weight excluding hydrogens is 236 g/mol. The average molecular weight is 256 g/mol. The highest BCUT2D eigenvalue weighted by Gasteiger charge is 2.16. The quantitative estimate of drug-likeness (QED) is 0.817. The first-order valence-electron chi connectivity index (χ1n) is 5.66. The first kappa shape index (κ1) is 14.2. The van der Waals surface area contributed by atoms with Crippen LogP contribution in [0.5, 0.6) is 0 Å². The van der Waals surface area contributed by atoms with Gasteiger partial charge in [-0.25, -0.2) is 12.7 Å². The lowest BCUT2D eigenvalue weighted by molar-refractivity contribution is 0.472. The Balaban J connectivity index is 2.60. The van der Waals surface area contributed by atoms with Crippen LogP contribution < -0.4 is 5.73 Å².